The molecule has 0 atom stereocenters. The molecule has 0 amide bonds. The van der Waals surface area contributed by atoms with Gasteiger partial charge in [-0.1, -0.05) is 13.8 Å². The lowest BCUT2D eigenvalue weighted by molar-refractivity contribution is 0.573. The van der Waals surface area contributed by atoms with Crippen LogP contribution in [-0.2, 0) is 6.42 Å². The number of rotatable bonds is 8. The van der Waals surface area contributed by atoms with Gasteiger partial charge in [0.15, 0.2) is 5.96 Å². The molecule has 0 fully saturated rings. The number of aromatic amines is 1. The van der Waals surface area contributed by atoms with E-state index >= 15 is 0 Å². The van der Waals surface area contributed by atoms with Crippen molar-refractivity contribution in [2.45, 2.75) is 47.0 Å². The number of nitrogens with zero attached hydrogens (tertiary/aromatic N) is 2. The van der Waals surface area contributed by atoms with Crippen molar-refractivity contribution in [2.24, 2.45) is 10.9 Å². The lowest BCUT2D eigenvalue weighted by Crippen LogP contribution is -2.38. The van der Waals surface area contributed by atoms with Crippen molar-refractivity contribution in [1.29, 1.82) is 0 Å². The molecule has 0 spiro atoms. The second kappa shape index (κ2) is 9.39. The van der Waals surface area contributed by atoms with Crippen LogP contribution in [0.1, 0.15) is 44.9 Å². The Kier molecular flexibility index (Phi) is 7.77. The highest BCUT2D eigenvalue weighted by Gasteiger charge is 2.01. The molecule has 3 N–H and O–H groups in total. The molecule has 0 aliphatic rings. The molecule has 0 aliphatic heterocycles. The number of guanidine groups is 1. The summed E-state index contributed by atoms with van der Waals surface area (Å²) in [6.07, 6.45) is 5.14. The van der Waals surface area contributed by atoms with Crippen LogP contribution in [0.2, 0.25) is 0 Å². The van der Waals surface area contributed by atoms with Crippen LogP contribution in [0.25, 0.3) is 0 Å². The minimum atomic E-state index is 0.717. The van der Waals surface area contributed by atoms with Crippen LogP contribution in [0.4, 0.5) is 0 Å². The molecule has 5 nitrogen and oxygen atoms in total. The van der Waals surface area contributed by atoms with E-state index in [0.717, 1.165) is 50.0 Å². The van der Waals surface area contributed by atoms with Gasteiger partial charge < -0.3 is 10.6 Å². The van der Waals surface area contributed by atoms with Gasteiger partial charge >= 0.3 is 0 Å². The second-order valence-corrected chi connectivity index (χ2v) is 5.49. The number of hydrogen-bond donors (Lipinski definition) is 3. The Morgan fingerprint density at radius 3 is 2.80 bits per heavy atom. The molecule has 1 aromatic heterocycles. The van der Waals surface area contributed by atoms with Crippen LogP contribution in [-0.4, -0.2) is 35.8 Å². The Morgan fingerprint density at radius 1 is 1.40 bits per heavy atom. The first-order valence-corrected chi connectivity index (χ1v) is 7.64. The van der Waals surface area contributed by atoms with Gasteiger partial charge in [-0.2, -0.15) is 5.10 Å². The lowest BCUT2D eigenvalue weighted by atomic mass is 10.1. The van der Waals surface area contributed by atoms with E-state index < -0.39 is 0 Å². The van der Waals surface area contributed by atoms with Crippen molar-refractivity contribution in [3.05, 3.63) is 17.5 Å². The number of aryl methyl sites for hydroxylation is 2. The SMILES string of the molecule is CCNC(=NCCCc1cn[nH]c1C)NCCC(C)C. The minimum absolute atomic E-state index is 0.717. The third-order valence-electron chi connectivity index (χ3n) is 3.17. The van der Waals surface area contributed by atoms with E-state index in [1.54, 1.807) is 0 Å². The second-order valence-electron chi connectivity index (χ2n) is 5.49. The van der Waals surface area contributed by atoms with Crippen molar-refractivity contribution in [1.82, 2.24) is 20.8 Å². The Bertz CT molecular complexity index is 395. The topological polar surface area (TPSA) is 65.1 Å². The van der Waals surface area contributed by atoms with E-state index in [1.165, 1.54) is 12.0 Å². The number of nitrogens with one attached hydrogen (secondary N) is 3. The molecule has 0 radical (unpaired) electrons. The highest BCUT2D eigenvalue weighted by atomic mass is 15.2. The Balaban J connectivity index is 2.29. The zero-order chi connectivity index (χ0) is 14.8. The van der Waals surface area contributed by atoms with Gasteiger partial charge in [-0.3, -0.25) is 10.1 Å². The highest BCUT2D eigenvalue weighted by molar-refractivity contribution is 5.79. The average Bonchev–Trinajstić information content (AvgIpc) is 2.80. The molecule has 0 aromatic carbocycles. The van der Waals surface area contributed by atoms with Crippen LogP contribution < -0.4 is 10.6 Å². The molecule has 1 heterocycles. The molecular formula is C15H29N5. The van der Waals surface area contributed by atoms with Gasteiger partial charge in [0.1, 0.15) is 0 Å². The summed E-state index contributed by atoms with van der Waals surface area (Å²) in [5.74, 6) is 1.64. The van der Waals surface area contributed by atoms with E-state index in [1.807, 2.05) is 6.20 Å². The first kappa shape index (κ1) is 16.5. The standard InChI is InChI=1S/C15H29N5/c1-5-16-15(18-10-8-12(2)3)17-9-6-7-14-11-19-20-13(14)4/h11-12H,5-10H2,1-4H3,(H,19,20)(H2,16,17,18). The van der Waals surface area contributed by atoms with Gasteiger partial charge in [-0.05, 0) is 44.6 Å². The Hall–Kier alpha value is -1.52. The van der Waals surface area contributed by atoms with Crippen molar-refractivity contribution in [2.75, 3.05) is 19.6 Å². The quantitative estimate of drug-likeness (QED) is 0.388. The third kappa shape index (κ3) is 6.59. The number of hydrogen-bond acceptors (Lipinski definition) is 2. The van der Waals surface area contributed by atoms with Gasteiger partial charge in [0, 0.05) is 25.3 Å². The molecule has 20 heavy (non-hydrogen) atoms. The summed E-state index contributed by atoms with van der Waals surface area (Å²) >= 11 is 0. The van der Waals surface area contributed by atoms with Gasteiger partial charge in [0.25, 0.3) is 0 Å². The van der Waals surface area contributed by atoms with E-state index in [2.05, 4.69) is 53.5 Å². The number of aliphatic imine (C=N–C) groups is 1. The van der Waals surface area contributed by atoms with Crippen LogP contribution in [0.3, 0.4) is 0 Å². The summed E-state index contributed by atoms with van der Waals surface area (Å²) in [4.78, 5) is 4.60. The first-order valence-electron chi connectivity index (χ1n) is 7.64. The first-order chi connectivity index (χ1) is 9.63. The molecule has 114 valence electrons. The van der Waals surface area contributed by atoms with E-state index in [4.69, 9.17) is 0 Å². The monoisotopic (exact) mass is 279 g/mol. The van der Waals surface area contributed by atoms with Crippen molar-refractivity contribution in [3.8, 4) is 0 Å². The largest absolute Gasteiger partial charge is 0.357 e. The summed E-state index contributed by atoms with van der Waals surface area (Å²) in [6.45, 7) is 11.3. The van der Waals surface area contributed by atoms with E-state index in [9.17, 15) is 0 Å². The van der Waals surface area contributed by atoms with Gasteiger partial charge in [-0.25, -0.2) is 0 Å². The smallest absolute Gasteiger partial charge is 0.191 e. The van der Waals surface area contributed by atoms with E-state index in [0.29, 0.717) is 0 Å². The van der Waals surface area contributed by atoms with Gasteiger partial charge in [-0.15, -0.1) is 0 Å². The lowest BCUT2D eigenvalue weighted by Gasteiger charge is -2.12. The van der Waals surface area contributed by atoms with Gasteiger partial charge in [0.05, 0.1) is 6.20 Å². The fourth-order valence-electron chi connectivity index (χ4n) is 1.91. The summed E-state index contributed by atoms with van der Waals surface area (Å²) in [5.41, 5.74) is 2.45. The summed E-state index contributed by atoms with van der Waals surface area (Å²) in [5, 5.41) is 13.7. The summed E-state index contributed by atoms with van der Waals surface area (Å²) < 4.78 is 0. The molecule has 0 aliphatic carbocycles. The van der Waals surface area contributed by atoms with Crippen molar-refractivity contribution >= 4 is 5.96 Å². The molecule has 1 rings (SSSR count). The molecule has 0 unspecified atom stereocenters. The average molecular weight is 279 g/mol. The maximum atomic E-state index is 4.60. The van der Waals surface area contributed by atoms with Crippen molar-refractivity contribution < 1.29 is 0 Å². The number of aromatic nitrogens is 2. The van der Waals surface area contributed by atoms with Crippen molar-refractivity contribution in [3.63, 3.8) is 0 Å². The maximum Gasteiger partial charge on any atom is 0.191 e. The van der Waals surface area contributed by atoms with Gasteiger partial charge in [0.2, 0.25) is 0 Å². The van der Waals surface area contributed by atoms with E-state index in [-0.39, 0.29) is 0 Å². The predicted molar refractivity (Wildman–Crippen MR) is 85.1 cm³/mol. The molecule has 5 heteroatoms. The molecule has 0 bridgehead atoms. The highest BCUT2D eigenvalue weighted by Crippen LogP contribution is 2.05. The maximum absolute atomic E-state index is 4.60. The summed E-state index contributed by atoms with van der Waals surface area (Å²) in [6, 6.07) is 0. The summed E-state index contributed by atoms with van der Waals surface area (Å²) in [7, 11) is 0. The normalized spacial score (nSPS) is 11.9. The zero-order valence-electron chi connectivity index (χ0n) is 13.3. The third-order valence-corrected chi connectivity index (χ3v) is 3.17. The predicted octanol–water partition coefficient (Wildman–Crippen LogP) is 2.25. The fraction of sp³-hybridized carbons (Fsp3) is 0.733. The van der Waals surface area contributed by atoms with Crippen LogP contribution in [0, 0.1) is 12.8 Å². The minimum Gasteiger partial charge on any atom is -0.357 e. The van der Waals surface area contributed by atoms with Crippen LogP contribution in [0.15, 0.2) is 11.2 Å². The van der Waals surface area contributed by atoms with Crippen LogP contribution in [0.5, 0.6) is 0 Å². The molecule has 1 aromatic rings. The molecular weight excluding hydrogens is 250 g/mol. The zero-order valence-corrected chi connectivity index (χ0v) is 13.3. The Morgan fingerprint density at radius 2 is 2.20 bits per heavy atom. The fourth-order valence-corrected chi connectivity index (χ4v) is 1.91. The molecule has 0 saturated carbocycles. The van der Waals surface area contributed by atoms with Crippen LogP contribution >= 0.6 is 0 Å². The number of H-pyrrole nitrogens is 1. The Labute approximate surface area is 122 Å². The molecule has 0 saturated heterocycles.